The second-order valence-corrected chi connectivity index (χ2v) is 5.41. The van der Waals surface area contributed by atoms with Crippen molar-refractivity contribution >= 4 is 5.78 Å². The van der Waals surface area contributed by atoms with Gasteiger partial charge >= 0.3 is 0 Å². The molecule has 2 aromatic rings. The largest absolute Gasteiger partial charge is 0.382 e. The quantitative estimate of drug-likeness (QED) is 0.797. The van der Waals surface area contributed by atoms with Gasteiger partial charge in [-0.1, -0.05) is 67.6 Å². The van der Waals surface area contributed by atoms with Gasteiger partial charge in [0.25, 0.3) is 0 Å². The number of aliphatic hydroxyl groups is 1. The van der Waals surface area contributed by atoms with E-state index in [4.69, 9.17) is 4.74 Å². The predicted molar refractivity (Wildman–Crippen MR) is 86.8 cm³/mol. The second kappa shape index (κ2) is 7.34. The molecule has 0 aliphatic carbocycles. The Kier molecular flexibility index (Phi) is 5.47. The molecule has 0 aliphatic heterocycles. The Morgan fingerprint density at radius 2 is 1.64 bits per heavy atom. The SMILES string of the molecule is CC[C@H](C(=O)c1ccccc1)[C@@](O)(COC)c1ccccc1. The molecule has 1 N–H and O–H groups in total. The normalized spacial score (nSPS) is 15.0. The lowest BCUT2D eigenvalue weighted by Crippen LogP contribution is -2.43. The summed E-state index contributed by atoms with van der Waals surface area (Å²) < 4.78 is 5.23. The molecule has 22 heavy (non-hydrogen) atoms. The van der Waals surface area contributed by atoms with E-state index in [1.54, 1.807) is 12.1 Å². The molecule has 2 aromatic carbocycles. The molecule has 0 radical (unpaired) electrons. The number of ether oxygens (including phenoxy) is 1. The van der Waals surface area contributed by atoms with E-state index < -0.39 is 11.5 Å². The zero-order valence-corrected chi connectivity index (χ0v) is 13.0. The molecule has 2 atom stereocenters. The Bertz CT molecular complexity index is 595. The van der Waals surface area contributed by atoms with E-state index >= 15 is 0 Å². The van der Waals surface area contributed by atoms with Crippen molar-refractivity contribution in [1.29, 1.82) is 0 Å². The van der Waals surface area contributed by atoms with Crippen molar-refractivity contribution in [3.05, 3.63) is 71.8 Å². The van der Waals surface area contributed by atoms with Crippen LogP contribution >= 0.6 is 0 Å². The van der Waals surface area contributed by atoms with Crippen LogP contribution in [0.3, 0.4) is 0 Å². The van der Waals surface area contributed by atoms with Crippen LogP contribution in [-0.2, 0) is 10.3 Å². The summed E-state index contributed by atoms with van der Waals surface area (Å²) in [5, 5.41) is 11.2. The lowest BCUT2D eigenvalue weighted by molar-refractivity contribution is -0.0705. The zero-order valence-electron chi connectivity index (χ0n) is 13.0. The number of hydrogen-bond acceptors (Lipinski definition) is 3. The van der Waals surface area contributed by atoms with Crippen LogP contribution in [-0.4, -0.2) is 24.6 Å². The molecule has 116 valence electrons. The molecule has 3 nitrogen and oxygen atoms in total. The van der Waals surface area contributed by atoms with Crippen LogP contribution in [0.2, 0.25) is 0 Å². The van der Waals surface area contributed by atoms with E-state index in [2.05, 4.69) is 0 Å². The molecule has 0 aromatic heterocycles. The van der Waals surface area contributed by atoms with Crippen LogP contribution in [0.5, 0.6) is 0 Å². The second-order valence-electron chi connectivity index (χ2n) is 5.41. The predicted octanol–water partition coefficient (Wildman–Crippen LogP) is 3.43. The highest BCUT2D eigenvalue weighted by molar-refractivity contribution is 5.98. The van der Waals surface area contributed by atoms with Crippen LogP contribution in [0.4, 0.5) is 0 Å². The van der Waals surface area contributed by atoms with Crippen LogP contribution in [0.25, 0.3) is 0 Å². The molecule has 0 fully saturated rings. The molecule has 0 amide bonds. The summed E-state index contributed by atoms with van der Waals surface area (Å²) in [6.45, 7) is 1.99. The first kappa shape index (κ1) is 16.4. The van der Waals surface area contributed by atoms with Crippen molar-refractivity contribution in [2.45, 2.75) is 18.9 Å². The van der Waals surface area contributed by atoms with Crippen molar-refractivity contribution in [3.8, 4) is 0 Å². The van der Waals surface area contributed by atoms with Gasteiger partial charge in [0.05, 0.1) is 12.5 Å². The Balaban J connectivity index is 2.43. The van der Waals surface area contributed by atoms with E-state index in [1.165, 1.54) is 7.11 Å². The number of methoxy groups -OCH3 is 1. The minimum atomic E-state index is -1.34. The summed E-state index contributed by atoms with van der Waals surface area (Å²) >= 11 is 0. The third kappa shape index (κ3) is 3.26. The molecule has 2 rings (SSSR count). The number of carbonyl (C=O) groups excluding carboxylic acids is 1. The Morgan fingerprint density at radius 3 is 2.14 bits per heavy atom. The van der Waals surface area contributed by atoms with E-state index in [-0.39, 0.29) is 12.4 Å². The highest BCUT2D eigenvalue weighted by Gasteiger charge is 2.42. The number of ketones is 1. The van der Waals surface area contributed by atoms with E-state index in [9.17, 15) is 9.90 Å². The number of Topliss-reactive ketones (excluding diaryl/α,β-unsaturated/α-hetero) is 1. The average molecular weight is 298 g/mol. The summed E-state index contributed by atoms with van der Waals surface area (Å²) in [5.41, 5.74) is -0.0229. The molecule has 0 heterocycles. The van der Waals surface area contributed by atoms with Crippen molar-refractivity contribution in [3.63, 3.8) is 0 Å². The molecule has 0 saturated carbocycles. The van der Waals surface area contributed by atoms with Crippen molar-refractivity contribution in [1.82, 2.24) is 0 Å². The lowest BCUT2D eigenvalue weighted by Gasteiger charge is -2.35. The van der Waals surface area contributed by atoms with Crippen LogP contribution in [0, 0.1) is 5.92 Å². The summed E-state index contributed by atoms with van der Waals surface area (Å²) in [6, 6.07) is 18.4. The first-order valence-corrected chi connectivity index (χ1v) is 7.49. The minimum Gasteiger partial charge on any atom is -0.382 e. The standard InChI is InChI=1S/C19H22O3/c1-3-17(18(20)15-10-6-4-7-11-15)19(21,14-22-2)16-12-8-5-9-13-16/h4-13,17,21H,3,14H2,1-2H3/t17-,19-/m1/s1. The Hall–Kier alpha value is -1.97. The van der Waals surface area contributed by atoms with Gasteiger partial charge in [0.15, 0.2) is 5.78 Å². The van der Waals surface area contributed by atoms with Gasteiger partial charge in [-0.25, -0.2) is 0 Å². The minimum absolute atomic E-state index is 0.0634. The molecular weight excluding hydrogens is 276 g/mol. The highest BCUT2D eigenvalue weighted by Crippen LogP contribution is 2.34. The molecule has 0 spiro atoms. The van der Waals surface area contributed by atoms with Crippen molar-refractivity contribution in [2.24, 2.45) is 5.92 Å². The smallest absolute Gasteiger partial charge is 0.169 e. The average Bonchev–Trinajstić information content (AvgIpc) is 2.57. The van der Waals surface area contributed by atoms with Crippen LogP contribution < -0.4 is 0 Å². The third-order valence-electron chi connectivity index (χ3n) is 4.00. The van der Waals surface area contributed by atoms with E-state index in [1.807, 2.05) is 55.5 Å². The zero-order chi connectivity index (χ0) is 16.0. The third-order valence-corrected chi connectivity index (χ3v) is 4.00. The molecule has 0 bridgehead atoms. The summed E-state index contributed by atoms with van der Waals surface area (Å²) in [5.74, 6) is -0.622. The summed E-state index contributed by atoms with van der Waals surface area (Å²) in [7, 11) is 1.54. The van der Waals surface area contributed by atoms with Crippen molar-refractivity contribution < 1.29 is 14.6 Å². The van der Waals surface area contributed by atoms with Crippen LogP contribution in [0.15, 0.2) is 60.7 Å². The molecule has 0 unspecified atom stereocenters. The van der Waals surface area contributed by atoms with Gasteiger partial charge in [0, 0.05) is 12.7 Å². The first-order valence-electron chi connectivity index (χ1n) is 7.49. The number of rotatable bonds is 7. The molecule has 0 saturated heterocycles. The van der Waals surface area contributed by atoms with E-state index in [0.29, 0.717) is 17.5 Å². The molecule has 0 aliphatic rings. The van der Waals surface area contributed by atoms with Crippen molar-refractivity contribution in [2.75, 3.05) is 13.7 Å². The van der Waals surface area contributed by atoms with Gasteiger partial charge in [-0.05, 0) is 12.0 Å². The van der Waals surface area contributed by atoms with Gasteiger partial charge in [-0.2, -0.15) is 0 Å². The maximum Gasteiger partial charge on any atom is 0.169 e. The number of benzene rings is 2. The first-order chi connectivity index (χ1) is 10.6. The highest BCUT2D eigenvalue weighted by atomic mass is 16.5. The summed E-state index contributed by atoms with van der Waals surface area (Å²) in [4.78, 5) is 12.9. The van der Waals surface area contributed by atoms with Gasteiger partial charge in [-0.3, -0.25) is 4.79 Å². The fraction of sp³-hybridized carbons (Fsp3) is 0.316. The fourth-order valence-electron chi connectivity index (χ4n) is 2.88. The monoisotopic (exact) mass is 298 g/mol. The molecular formula is C19H22O3. The fourth-order valence-corrected chi connectivity index (χ4v) is 2.88. The summed E-state index contributed by atoms with van der Waals surface area (Å²) in [6.07, 6.45) is 0.530. The number of hydrogen-bond donors (Lipinski definition) is 1. The topological polar surface area (TPSA) is 46.5 Å². The van der Waals surface area contributed by atoms with Gasteiger partial charge in [0.2, 0.25) is 0 Å². The lowest BCUT2D eigenvalue weighted by atomic mass is 9.76. The Labute approximate surface area is 131 Å². The van der Waals surface area contributed by atoms with Gasteiger partial charge in [0.1, 0.15) is 5.60 Å². The van der Waals surface area contributed by atoms with Crippen LogP contribution in [0.1, 0.15) is 29.3 Å². The Morgan fingerprint density at radius 1 is 1.09 bits per heavy atom. The van der Waals surface area contributed by atoms with Gasteiger partial charge < -0.3 is 9.84 Å². The maximum atomic E-state index is 12.9. The maximum absolute atomic E-state index is 12.9. The van der Waals surface area contributed by atoms with E-state index in [0.717, 1.165) is 0 Å². The van der Waals surface area contributed by atoms with Gasteiger partial charge in [-0.15, -0.1) is 0 Å². The molecule has 3 heteroatoms. The number of carbonyl (C=O) groups is 1.